The molecule has 33 heavy (non-hydrogen) atoms. The molecule has 1 saturated heterocycles. The normalized spacial score (nSPS) is 18.6. The zero-order valence-electron chi connectivity index (χ0n) is 18.6. The van der Waals surface area contributed by atoms with E-state index >= 15 is 0 Å². The Labute approximate surface area is 190 Å². The Morgan fingerprint density at radius 1 is 1.12 bits per heavy atom. The number of hydrogen-bond donors (Lipinski definition) is 1. The average Bonchev–Trinajstić information content (AvgIpc) is 2.76. The third kappa shape index (κ3) is 5.57. The number of nitrogens with zero attached hydrogens (tertiary/aromatic N) is 5. The molecule has 174 valence electrons. The van der Waals surface area contributed by atoms with Crippen molar-refractivity contribution in [2.75, 3.05) is 23.3 Å². The number of aryl methyl sites for hydroxylation is 1. The number of hydrogen-bond acceptors (Lipinski definition) is 7. The van der Waals surface area contributed by atoms with Crippen LogP contribution >= 0.6 is 0 Å². The minimum Gasteiger partial charge on any atom is -0.372 e. The predicted octanol–water partition coefficient (Wildman–Crippen LogP) is 4.55. The van der Waals surface area contributed by atoms with Gasteiger partial charge in [-0.15, -0.1) is 5.10 Å². The van der Waals surface area contributed by atoms with E-state index < -0.39 is 12.2 Å². The Morgan fingerprint density at radius 2 is 1.82 bits per heavy atom. The van der Waals surface area contributed by atoms with Gasteiger partial charge in [0.1, 0.15) is 0 Å². The molecule has 0 spiro atoms. The molecule has 1 aromatic carbocycles. The second kappa shape index (κ2) is 9.70. The summed E-state index contributed by atoms with van der Waals surface area (Å²) >= 11 is 0. The van der Waals surface area contributed by atoms with Crippen LogP contribution in [0.2, 0.25) is 0 Å². The Morgan fingerprint density at radius 3 is 2.48 bits per heavy atom. The maximum absolute atomic E-state index is 14.5. The number of nitrogens with one attached hydrogen (secondary N) is 1. The molecule has 1 aliphatic heterocycles. The van der Waals surface area contributed by atoms with Gasteiger partial charge in [0, 0.05) is 25.1 Å². The van der Waals surface area contributed by atoms with Crippen molar-refractivity contribution >= 4 is 17.6 Å². The second-order valence-corrected chi connectivity index (χ2v) is 8.17. The lowest BCUT2D eigenvalue weighted by Crippen LogP contribution is -2.46. The third-order valence-electron chi connectivity index (χ3n) is 5.31. The number of ether oxygens (including phenoxy) is 1. The van der Waals surface area contributed by atoms with Crippen molar-refractivity contribution in [3.8, 4) is 11.1 Å². The molecular weight excluding hydrogens is 433 g/mol. The monoisotopic (exact) mass is 458 g/mol. The number of rotatable bonds is 6. The van der Waals surface area contributed by atoms with Crippen LogP contribution in [0.4, 0.5) is 30.8 Å². The molecule has 4 rings (SSSR count). The molecule has 1 N–H and O–H groups in total. The highest BCUT2D eigenvalue weighted by Gasteiger charge is 2.25. The third-order valence-corrected chi connectivity index (χ3v) is 5.31. The summed E-state index contributed by atoms with van der Waals surface area (Å²) in [4.78, 5) is 10.4. The van der Waals surface area contributed by atoms with Crippen LogP contribution in [0, 0.1) is 12.7 Å². The Kier molecular flexibility index (Phi) is 6.73. The smallest absolute Gasteiger partial charge is 0.242 e. The van der Waals surface area contributed by atoms with Gasteiger partial charge in [-0.25, -0.2) is 18.2 Å². The van der Waals surface area contributed by atoms with Gasteiger partial charge in [-0.2, -0.15) is 10.1 Å². The van der Waals surface area contributed by atoms with Crippen molar-refractivity contribution in [3.63, 3.8) is 0 Å². The fourth-order valence-corrected chi connectivity index (χ4v) is 3.86. The first kappa shape index (κ1) is 22.9. The lowest BCUT2D eigenvalue weighted by Gasteiger charge is -2.35. The molecule has 1 aliphatic rings. The molecule has 0 radical (unpaired) electrons. The van der Waals surface area contributed by atoms with Gasteiger partial charge < -0.3 is 15.0 Å². The van der Waals surface area contributed by atoms with Gasteiger partial charge in [-0.1, -0.05) is 24.3 Å². The molecule has 2 atom stereocenters. The van der Waals surface area contributed by atoms with Gasteiger partial charge in [0.25, 0.3) is 0 Å². The number of anilines is 3. The van der Waals surface area contributed by atoms with Crippen LogP contribution in [0.5, 0.6) is 0 Å². The van der Waals surface area contributed by atoms with E-state index in [9.17, 15) is 13.2 Å². The summed E-state index contributed by atoms with van der Waals surface area (Å²) in [5.41, 5.74) is 2.75. The fourth-order valence-electron chi connectivity index (χ4n) is 3.86. The molecule has 10 heteroatoms. The lowest BCUT2D eigenvalue weighted by molar-refractivity contribution is -0.00572. The molecule has 0 aliphatic carbocycles. The van der Waals surface area contributed by atoms with Crippen LogP contribution < -0.4 is 10.2 Å². The molecular formula is C23H25F3N6O. The summed E-state index contributed by atoms with van der Waals surface area (Å²) in [6.45, 7) is 6.93. The summed E-state index contributed by atoms with van der Waals surface area (Å²) in [5, 5.41) is 11.2. The van der Waals surface area contributed by atoms with Crippen molar-refractivity contribution in [3.05, 3.63) is 53.6 Å². The van der Waals surface area contributed by atoms with E-state index in [-0.39, 0.29) is 24.4 Å². The van der Waals surface area contributed by atoms with Crippen molar-refractivity contribution in [1.82, 2.24) is 20.2 Å². The van der Waals surface area contributed by atoms with E-state index in [0.717, 1.165) is 17.3 Å². The highest BCUT2D eigenvalue weighted by Crippen LogP contribution is 2.27. The molecule has 3 aromatic rings. The largest absolute Gasteiger partial charge is 0.372 e. The lowest BCUT2D eigenvalue weighted by atomic mass is 10.0. The summed E-state index contributed by atoms with van der Waals surface area (Å²) in [7, 11) is 0. The molecule has 1 fully saturated rings. The van der Waals surface area contributed by atoms with Crippen molar-refractivity contribution in [2.45, 2.75) is 45.8 Å². The first-order valence-electron chi connectivity index (χ1n) is 10.7. The highest BCUT2D eigenvalue weighted by molar-refractivity contribution is 5.70. The van der Waals surface area contributed by atoms with Gasteiger partial charge in [-0.3, -0.25) is 0 Å². The van der Waals surface area contributed by atoms with Gasteiger partial charge in [0.05, 0.1) is 24.1 Å². The summed E-state index contributed by atoms with van der Waals surface area (Å²) in [6, 6.07) is 8.57. The van der Waals surface area contributed by atoms with Crippen LogP contribution in [0.1, 0.15) is 25.1 Å². The standard InChI is InChI=1S/C23H25F3N6O/c1-13-11-32(12-14(2)33-13)23-27-10-19(24)22(29-23)28-21-9-18(15(3)30-31-21)17-6-4-16(5-7-17)8-20(25)26/h4-7,9-10,13-14,20H,8,11-12H2,1-3H3,(H,27,28,29,31)/t13-,14+. The minimum atomic E-state index is -2.40. The SMILES string of the molecule is Cc1nnc(Nc2nc(N3C[C@@H](C)O[C@@H](C)C3)ncc2F)cc1-c1ccc(CC(F)F)cc1. The van der Waals surface area contributed by atoms with Crippen LogP contribution in [0.15, 0.2) is 36.5 Å². The van der Waals surface area contributed by atoms with Gasteiger partial charge >= 0.3 is 0 Å². The molecule has 0 amide bonds. The topological polar surface area (TPSA) is 76.1 Å². The van der Waals surface area contributed by atoms with E-state index in [4.69, 9.17) is 4.74 Å². The van der Waals surface area contributed by atoms with Gasteiger partial charge in [0.2, 0.25) is 12.4 Å². The molecule has 3 heterocycles. The minimum absolute atomic E-state index is 0.0106. The number of alkyl halides is 2. The maximum Gasteiger partial charge on any atom is 0.242 e. The van der Waals surface area contributed by atoms with Gasteiger partial charge in [-0.05, 0) is 38.0 Å². The molecule has 2 aromatic heterocycles. The fraction of sp³-hybridized carbons (Fsp3) is 0.391. The maximum atomic E-state index is 14.5. The highest BCUT2D eigenvalue weighted by atomic mass is 19.3. The van der Waals surface area contributed by atoms with Crippen molar-refractivity contribution < 1.29 is 17.9 Å². The number of morpholine rings is 1. The van der Waals surface area contributed by atoms with Crippen molar-refractivity contribution in [1.29, 1.82) is 0 Å². The first-order chi connectivity index (χ1) is 15.8. The van der Waals surface area contributed by atoms with Gasteiger partial charge in [0.15, 0.2) is 17.5 Å². The predicted molar refractivity (Wildman–Crippen MR) is 119 cm³/mol. The number of benzene rings is 1. The van der Waals surface area contributed by atoms with Crippen LogP contribution in [0.25, 0.3) is 11.1 Å². The quantitative estimate of drug-likeness (QED) is 0.581. The van der Waals surface area contributed by atoms with Crippen LogP contribution in [-0.4, -0.2) is 51.9 Å². The summed E-state index contributed by atoms with van der Waals surface area (Å²) in [6.07, 6.45) is -1.54. The number of aromatic nitrogens is 4. The Balaban J connectivity index is 1.57. The van der Waals surface area contributed by atoms with Crippen LogP contribution in [-0.2, 0) is 11.2 Å². The van der Waals surface area contributed by atoms with Crippen LogP contribution in [0.3, 0.4) is 0 Å². The Hall–Kier alpha value is -3.27. The molecule has 7 nitrogen and oxygen atoms in total. The molecule has 0 unspecified atom stereocenters. The number of halogens is 3. The Bertz CT molecular complexity index is 1100. The molecule has 0 saturated carbocycles. The van der Waals surface area contributed by atoms with E-state index in [0.29, 0.717) is 36.1 Å². The summed E-state index contributed by atoms with van der Waals surface area (Å²) < 4.78 is 45.4. The second-order valence-electron chi connectivity index (χ2n) is 8.17. The zero-order chi connectivity index (χ0) is 23.5. The zero-order valence-corrected chi connectivity index (χ0v) is 18.6. The summed E-state index contributed by atoms with van der Waals surface area (Å²) in [5.74, 6) is 0.0758. The first-order valence-corrected chi connectivity index (χ1v) is 10.7. The van der Waals surface area contributed by atoms with E-state index in [1.54, 1.807) is 37.3 Å². The van der Waals surface area contributed by atoms with E-state index in [1.165, 1.54) is 0 Å². The average molecular weight is 458 g/mol. The molecule has 0 bridgehead atoms. The van der Waals surface area contributed by atoms with Crippen molar-refractivity contribution in [2.24, 2.45) is 0 Å². The van der Waals surface area contributed by atoms with E-state index in [1.807, 2.05) is 18.7 Å². The van der Waals surface area contributed by atoms with E-state index in [2.05, 4.69) is 25.5 Å².